The van der Waals surface area contributed by atoms with Gasteiger partial charge in [0.25, 0.3) is 5.69 Å². The normalized spacial score (nSPS) is 10.4. The van der Waals surface area contributed by atoms with Crippen LogP contribution in [0.5, 0.6) is 0 Å². The molecule has 0 aliphatic rings. The predicted octanol–water partition coefficient (Wildman–Crippen LogP) is 3.37. The second-order valence-electron chi connectivity index (χ2n) is 3.23. The zero-order valence-corrected chi connectivity index (χ0v) is 11.0. The minimum Gasteiger partial charge on any atom is -0.340 e. The van der Waals surface area contributed by atoms with Gasteiger partial charge in [-0.2, -0.15) is 0 Å². The molecule has 5 nitrogen and oxygen atoms in total. The van der Waals surface area contributed by atoms with E-state index in [4.69, 9.17) is 0 Å². The highest BCUT2D eigenvalue weighted by Gasteiger charge is 2.12. The lowest BCUT2D eigenvalue weighted by molar-refractivity contribution is -0.385. The highest BCUT2D eigenvalue weighted by molar-refractivity contribution is 9.10. The smallest absolute Gasteiger partial charge is 0.283 e. The van der Waals surface area contributed by atoms with Crippen molar-refractivity contribution in [2.24, 2.45) is 0 Å². The number of aromatic amines is 1. The molecule has 17 heavy (non-hydrogen) atoms. The lowest BCUT2D eigenvalue weighted by Crippen LogP contribution is -1.91. The quantitative estimate of drug-likeness (QED) is 0.533. The van der Waals surface area contributed by atoms with Crippen LogP contribution in [0.15, 0.2) is 40.2 Å². The summed E-state index contributed by atoms with van der Waals surface area (Å²) in [7, 11) is 0. The van der Waals surface area contributed by atoms with Crippen LogP contribution in [-0.4, -0.2) is 14.9 Å². The van der Waals surface area contributed by atoms with E-state index in [-0.39, 0.29) is 5.69 Å². The van der Waals surface area contributed by atoms with Crippen molar-refractivity contribution < 1.29 is 4.92 Å². The van der Waals surface area contributed by atoms with Gasteiger partial charge in [-0.25, -0.2) is 4.98 Å². The minimum atomic E-state index is -0.398. The summed E-state index contributed by atoms with van der Waals surface area (Å²) >= 11 is 4.66. The van der Waals surface area contributed by atoms with E-state index >= 15 is 0 Å². The van der Waals surface area contributed by atoms with Crippen LogP contribution >= 0.6 is 27.7 Å². The number of nitro groups is 1. The third-order valence-corrected chi connectivity index (χ3v) is 3.70. The van der Waals surface area contributed by atoms with Crippen molar-refractivity contribution in [1.29, 1.82) is 0 Å². The fourth-order valence-electron chi connectivity index (χ4n) is 1.27. The Kier molecular flexibility index (Phi) is 3.80. The maximum atomic E-state index is 10.8. The topological polar surface area (TPSA) is 71.8 Å². The number of hydrogen-bond acceptors (Lipinski definition) is 4. The summed E-state index contributed by atoms with van der Waals surface area (Å²) < 4.78 is 0.495. The first-order chi connectivity index (χ1) is 8.16. The Labute approximate surface area is 110 Å². The van der Waals surface area contributed by atoms with E-state index in [1.165, 1.54) is 11.8 Å². The zero-order chi connectivity index (χ0) is 12.3. The summed E-state index contributed by atoms with van der Waals surface area (Å²) in [6.07, 6.45) is 3.42. The van der Waals surface area contributed by atoms with E-state index in [1.807, 2.05) is 6.07 Å². The van der Waals surface area contributed by atoms with E-state index in [2.05, 4.69) is 25.9 Å². The number of H-pyrrole nitrogens is 1. The molecule has 0 aliphatic heterocycles. The average Bonchev–Trinajstić information content (AvgIpc) is 2.80. The number of rotatable bonds is 4. The number of halogens is 1. The average molecular weight is 314 g/mol. The van der Waals surface area contributed by atoms with Gasteiger partial charge in [-0.3, -0.25) is 10.1 Å². The molecule has 0 atom stereocenters. The van der Waals surface area contributed by atoms with E-state index in [1.54, 1.807) is 24.5 Å². The first-order valence-corrected chi connectivity index (χ1v) is 6.49. The van der Waals surface area contributed by atoms with E-state index in [0.29, 0.717) is 10.2 Å². The van der Waals surface area contributed by atoms with Gasteiger partial charge in [0.05, 0.1) is 9.40 Å². The Balaban J connectivity index is 2.11. The van der Waals surface area contributed by atoms with Crippen LogP contribution in [0, 0.1) is 10.1 Å². The van der Waals surface area contributed by atoms with Gasteiger partial charge in [-0.05, 0) is 27.6 Å². The Bertz CT molecular complexity index is 530. The van der Waals surface area contributed by atoms with Crippen LogP contribution in [0.3, 0.4) is 0 Å². The van der Waals surface area contributed by atoms with Crippen LogP contribution in [0.4, 0.5) is 5.69 Å². The summed E-state index contributed by atoms with van der Waals surface area (Å²) in [5.41, 5.74) is 0.976. The summed E-state index contributed by atoms with van der Waals surface area (Å²) in [6, 6.07) is 5.11. The predicted molar refractivity (Wildman–Crippen MR) is 68.9 cm³/mol. The van der Waals surface area contributed by atoms with Gasteiger partial charge in [-0.15, -0.1) is 0 Å². The van der Waals surface area contributed by atoms with Crippen LogP contribution < -0.4 is 0 Å². The third-order valence-electron chi connectivity index (χ3n) is 2.06. The molecule has 0 amide bonds. The Morgan fingerprint density at radius 3 is 3.00 bits per heavy atom. The number of thioether (sulfide) groups is 1. The SMILES string of the molecule is O=[N+]([O-])c1cc(CSc2ncc[nH]2)ccc1Br. The van der Waals surface area contributed by atoms with Gasteiger partial charge in [0, 0.05) is 24.2 Å². The summed E-state index contributed by atoms with van der Waals surface area (Å²) in [4.78, 5) is 17.4. The molecule has 0 aliphatic carbocycles. The Hall–Kier alpha value is -1.34. The van der Waals surface area contributed by atoms with Crippen LogP contribution in [0.25, 0.3) is 0 Å². The molecular formula is C10H8BrN3O2S. The molecule has 7 heteroatoms. The number of nitro benzene ring substituents is 1. The van der Waals surface area contributed by atoms with Crippen LogP contribution in [0.2, 0.25) is 0 Å². The molecule has 1 heterocycles. The summed E-state index contributed by atoms with van der Waals surface area (Å²) in [5.74, 6) is 0.641. The van der Waals surface area contributed by atoms with Crippen LogP contribution in [-0.2, 0) is 5.75 Å². The second kappa shape index (κ2) is 5.33. The molecule has 0 saturated carbocycles. The number of nitrogens with one attached hydrogen (secondary N) is 1. The Morgan fingerprint density at radius 1 is 1.53 bits per heavy atom. The van der Waals surface area contributed by atoms with Gasteiger partial charge in [0.2, 0.25) is 0 Å². The second-order valence-corrected chi connectivity index (χ2v) is 5.04. The number of aromatic nitrogens is 2. The first-order valence-electron chi connectivity index (χ1n) is 4.72. The number of imidazole rings is 1. The lowest BCUT2D eigenvalue weighted by atomic mass is 10.2. The molecule has 0 fully saturated rings. The van der Waals surface area contributed by atoms with Crippen molar-refractivity contribution in [3.63, 3.8) is 0 Å². The molecule has 0 radical (unpaired) electrons. The fourth-order valence-corrected chi connectivity index (χ4v) is 2.43. The molecule has 1 aromatic carbocycles. The maximum absolute atomic E-state index is 10.8. The van der Waals surface area contributed by atoms with Crippen molar-refractivity contribution in [3.8, 4) is 0 Å². The van der Waals surface area contributed by atoms with Crippen molar-refractivity contribution >= 4 is 33.4 Å². The van der Waals surface area contributed by atoms with E-state index in [0.717, 1.165) is 10.7 Å². The lowest BCUT2D eigenvalue weighted by Gasteiger charge is -2.01. The van der Waals surface area contributed by atoms with Gasteiger partial charge in [-0.1, -0.05) is 17.8 Å². The summed E-state index contributed by atoms with van der Waals surface area (Å²) in [5, 5.41) is 11.6. The van der Waals surface area contributed by atoms with Gasteiger partial charge in [0.1, 0.15) is 0 Å². The van der Waals surface area contributed by atoms with Gasteiger partial charge < -0.3 is 4.98 Å². The van der Waals surface area contributed by atoms with Gasteiger partial charge >= 0.3 is 0 Å². The number of benzene rings is 1. The molecule has 2 aromatic rings. The molecule has 1 N–H and O–H groups in total. The number of nitrogens with zero attached hydrogens (tertiary/aromatic N) is 2. The highest BCUT2D eigenvalue weighted by atomic mass is 79.9. The monoisotopic (exact) mass is 313 g/mol. The molecule has 2 rings (SSSR count). The minimum absolute atomic E-state index is 0.0857. The third kappa shape index (κ3) is 3.07. The highest BCUT2D eigenvalue weighted by Crippen LogP contribution is 2.28. The Morgan fingerprint density at radius 2 is 2.35 bits per heavy atom. The summed E-state index contributed by atoms with van der Waals surface area (Å²) in [6.45, 7) is 0. The largest absolute Gasteiger partial charge is 0.340 e. The molecule has 0 spiro atoms. The molecule has 88 valence electrons. The number of hydrogen-bond donors (Lipinski definition) is 1. The molecule has 0 unspecified atom stereocenters. The fraction of sp³-hybridized carbons (Fsp3) is 0.100. The zero-order valence-electron chi connectivity index (χ0n) is 8.59. The van der Waals surface area contributed by atoms with E-state index < -0.39 is 4.92 Å². The first kappa shape index (κ1) is 12.1. The molecular weight excluding hydrogens is 306 g/mol. The maximum Gasteiger partial charge on any atom is 0.283 e. The molecule has 0 bridgehead atoms. The van der Waals surface area contributed by atoms with E-state index in [9.17, 15) is 10.1 Å². The van der Waals surface area contributed by atoms with Crippen molar-refractivity contribution in [2.75, 3.05) is 0 Å². The molecule has 0 saturated heterocycles. The van der Waals surface area contributed by atoms with Crippen molar-refractivity contribution in [2.45, 2.75) is 10.9 Å². The standard InChI is InChI=1S/C10H8BrN3O2S/c11-8-2-1-7(5-9(8)14(15)16)6-17-10-12-3-4-13-10/h1-5H,6H2,(H,12,13). The molecule has 1 aromatic heterocycles. The van der Waals surface area contributed by atoms with Gasteiger partial charge in [0.15, 0.2) is 5.16 Å². The van der Waals surface area contributed by atoms with Crippen molar-refractivity contribution in [3.05, 3.63) is 50.7 Å². The van der Waals surface area contributed by atoms with Crippen LogP contribution in [0.1, 0.15) is 5.56 Å². The van der Waals surface area contributed by atoms with Crippen molar-refractivity contribution in [1.82, 2.24) is 9.97 Å².